The molecular weight excluding hydrogens is 220 g/mol. The average molecular weight is 238 g/mol. The molecule has 0 spiro atoms. The van der Waals surface area contributed by atoms with Crippen LogP contribution < -0.4 is 0 Å². The summed E-state index contributed by atoms with van der Waals surface area (Å²) in [6.45, 7) is -0.963. The number of imidazole rings is 1. The van der Waals surface area contributed by atoms with Crippen molar-refractivity contribution in [1.29, 1.82) is 0 Å². The minimum absolute atomic E-state index is 0.0257. The quantitative estimate of drug-likeness (QED) is 0.748. The van der Waals surface area contributed by atoms with Gasteiger partial charge in [-0.25, -0.2) is 4.98 Å². The topological polar surface area (TPSA) is 27.1 Å². The van der Waals surface area contributed by atoms with E-state index >= 15 is 0 Å². The molecule has 0 bridgehead atoms. The second-order valence-electron chi connectivity index (χ2n) is 2.14. The lowest BCUT2D eigenvalue weighted by Crippen LogP contribution is -2.18. The van der Waals surface area contributed by atoms with E-state index in [2.05, 4.69) is 20.9 Å². The SMILES string of the molecule is [2H]c1nc(Br)c([2H])n1C1([2H])C([2H])([2H])COCC1([2H])[2H]. The fourth-order valence-corrected chi connectivity index (χ4v) is 1.11. The molecule has 0 aromatic carbocycles. The van der Waals surface area contributed by atoms with Crippen molar-refractivity contribution >= 4 is 15.9 Å². The highest BCUT2D eigenvalue weighted by molar-refractivity contribution is 9.10. The standard InChI is InChI=1S/C8H11BrN2O/c9-8-5-11(6-10-8)7-1-3-12-4-2-7/h5-7H,1-4H2/i1D2,2D2,5D,6D,7D. The van der Waals surface area contributed by atoms with Crippen molar-refractivity contribution in [3.05, 3.63) is 17.1 Å². The Labute approximate surface area is 89.7 Å². The van der Waals surface area contributed by atoms with Gasteiger partial charge < -0.3 is 9.30 Å². The minimum Gasteiger partial charge on any atom is -0.381 e. The molecule has 0 amide bonds. The third-order valence-corrected chi connectivity index (χ3v) is 1.71. The summed E-state index contributed by atoms with van der Waals surface area (Å²) in [6.07, 6.45) is -5.75. The van der Waals surface area contributed by atoms with Gasteiger partial charge in [-0.1, -0.05) is 0 Å². The van der Waals surface area contributed by atoms with Gasteiger partial charge in [-0.15, -0.1) is 0 Å². The molecule has 1 aliphatic rings. The molecule has 2 heterocycles. The van der Waals surface area contributed by atoms with E-state index in [1.54, 1.807) is 0 Å². The first-order chi connectivity index (χ1) is 8.54. The van der Waals surface area contributed by atoms with Crippen LogP contribution in [0.1, 0.15) is 28.4 Å². The molecule has 1 saturated heterocycles. The summed E-state index contributed by atoms with van der Waals surface area (Å²) in [4.78, 5) is 3.63. The number of ether oxygens (including phenoxy) is 1. The molecule has 0 radical (unpaired) electrons. The lowest BCUT2D eigenvalue weighted by Gasteiger charge is -2.22. The number of nitrogens with zero attached hydrogens (tertiary/aromatic N) is 2. The van der Waals surface area contributed by atoms with Gasteiger partial charge in [0.2, 0.25) is 0 Å². The largest absolute Gasteiger partial charge is 0.381 e. The van der Waals surface area contributed by atoms with E-state index in [-0.39, 0.29) is 4.60 Å². The predicted molar refractivity (Wildman–Crippen MR) is 49.0 cm³/mol. The fourth-order valence-electron chi connectivity index (χ4n) is 0.852. The van der Waals surface area contributed by atoms with Crippen LogP contribution >= 0.6 is 15.9 Å². The molecule has 3 nitrogen and oxygen atoms in total. The summed E-state index contributed by atoms with van der Waals surface area (Å²) in [5, 5.41) is 0. The third-order valence-electron chi connectivity index (χ3n) is 1.36. The summed E-state index contributed by atoms with van der Waals surface area (Å²) >= 11 is 2.93. The normalized spacial score (nSPS) is 39.2. The van der Waals surface area contributed by atoms with Gasteiger partial charge >= 0.3 is 0 Å². The maximum Gasteiger partial charge on any atom is 0.124 e. The summed E-state index contributed by atoms with van der Waals surface area (Å²) in [5.41, 5.74) is 0. The van der Waals surface area contributed by atoms with Gasteiger partial charge in [0.15, 0.2) is 0 Å². The van der Waals surface area contributed by atoms with E-state index in [1.807, 2.05) is 0 Å². The van der Waals surface area contributed by atoms with Crippen LogP contribution in [0.5, 0.6) is 0 Å². The van der Waals surface area contributed by atoms with Crippen LogP contribution in [0.4, 0.5) is 0 Å². The second kappa shape index (κ2) is 3.58. The molecule has 1 aromatic rings. The zero-order valence-corrected chi connectivity index (χ0v) is 7.68. The summed E-state index contributed by atoms with van der Waals surface area (Å²) in [7, 11) is 0. The Balaban J connectivity index is 2.73. The first kappa shape index (κ1) is 3.42. The van der Waals surface area contributed by atoms with Crippen molar-refractivity contribution in [1.82, 2.24) is 9.55 Å². The van der Waals surface area contributed by atoms with Gasteiger partial charge in [0, 0.05) is 30.9 Å². The molecule has 0 saturated carbocycles. The molecule has 0 aliphatic carbocycles. The first-order valence-corrected chi connectivity index (χ1v) is 4.13. The van der Waals surface area contributed by atoms with Crippen molar-refractivity contribution in [2.24, 2.45) is 0 Å². The Hall–Kier alpha value is -0.350. The molecule has 0 atom stereocenters. The Bertz CT molecular complexity index is 501. The van der Waals surface area contributed by atoms with Crippen LogP contribution in [0.2, 0.25) is 0 Å². The highest BCUT2D eigenvalue weighted by atomic mass is 79.9. The van der Waals surface area contributed by atoms with Crippen LogP contribution in [0.15, 0.2) is 17.1 Å². The highest BCUT2D eigenvalue weighted by Crippen LogP contribution is 2.21. The Kier molecular flexibility index (Phi) is 1.02. The van der Waals surface area contributed by atoms with Crippen LogP contribution in [0.25, 0.3) is 0 Å². The van der Waals surface area contributed by atoms with Crippen LogP contribution in [0, 0.1) is 0 Å². The summed E-state index contributed by atoms with van der Waals surface area (Å²) in [6, 6.07) is -2.49. The molecule has 1 fully saturated rings. The van der Waals surface area contributed by atoms with E-state index in [0.717, 1.165) is 0 Å². The Morgan fingerprint density at radius 3 is 3.17 bits per heavy atom. The molecule has 12 heavy (non-hydrogen) atoms. The fraction of sp³-hybridized carbons (Fsp3) is 0.625. The molecule has 1 aliphatic heterocycles. The lowest BCUT2D eigenvalue weighted by molar-refractivity contribution is 0.0695. The van der Waals surface area contributed by atoms with E-state index < -0.39 is 44.5 Å². The number of hydrogen-bond acceptors (Lipinski definition) is 2. The molecule has 4 heteroatoms. The van der Waals surface area contributed by atoms with Gasteiger partial charge in [-0.3, -0.25) is 0 Å². The maximum absolute atomic E-state index is 8.29. The van der Waals surface area contributed by atoms with Crippen molar-refractivity contribution in [3.63, 3.8) is 0 Å². The van der Waals surface area contributed by atoms with Gasteiger partial charge in [0.1, 0.15) is 5.97 Å². The van der Waals surface area contributed by atoms with E-state index in [0.29, 0.717) is 4.57 Å². The lowest BCUT2D eigenvalue weighted by atomic mass is 10.1. The number of aromatic nitrogens is 2. The van der Waals surface area contributed by atoms with Gasteiger partial charge in [0.05, 0.1) is 9.04 Å². The molecule has 66 valence electrons. The minimum atomic E-state index is -2.49. The molecule has 1 aromatic heterocycles. The maximum atomic E-state index is 8.29. The first-order valence-electron chi connectivity index (χ1n) is 6.84. The van der Waals surface area contributed by atoms with Crippen LogP contribution in [0.3, 0.4) is 0 Å². The molecular formula is C8H11BrN2O. The number of rotatable bonds is 1. The Morgan fingerprint density at radius 2 is 2.58 bits per heavy atom. The number of halogens is 1. The van der Waals surface area contributed by atoms with Crippen molar-refractivity contribution in [2.45, 2.75) is 18.8 Å². The van der Waals surface area contributed by atoms with Gasteiger partial charge in [-0.2, -0.15) is 0 Å². The van der Waals surface area contributed by atoms with Crippen LogP contribution in [-0.2, 0) is 4.74 Å². The van der Waals surface area contributed by atoms with E-state index in [9.17, 15) is 0 Å². The number of hydrogen-bond donors (Lipinski definition) is 0. The summed E-state index contributed by atoms with van der Waals surface area (Å²) in [5.74, 6) is 0. The highest BCUT2D eigenvalue weighted by Gasteiger charge is 2.14. The Morgan fingerprint density at radius 1 is 1.83 bits per heavy atom. The second-order valence-corrected chi connectivity index (χ2v) is 2.90. The average Bonchev–Trinajstić information content (AvgIpc) is 2.49. The van der Waals surface area contributed by atoms with Gasteiger partial charge in [-0.05, 0) is 28.7 Å². The molecule has 0 unspecified atom stereocenters. The van der Waals surface area contributed by atoms with Crippen LogP contribution in [-0.4, -0.2) is 22.8 Å². The summed E-state index contributed by atoms with van der Waals surface area (Å²) < 4.78 is 60.6. The van der Waals surface area contributed by atoms with Gasteiger partial charge in [0.25, 0.3) is 0 Å². The van der Waals surface area contributed by atoms with Crippen molar-refractivity contribution in [3.8, 4) is 0 Å². The third kappa shape index (κ3) is 1.69. The smallest absolute Gasteiger partial charge is 0.124 e. The molecule has 2 rings (SSSR count). The van der Waals surface area contributed by atoms with Crippen molar-refractivity contribution in [2.75, 3.05) is 13.2 Å². The van der Waals surface area contributed by atoms with E-state index in [1.165, 1.54) is 0 Å². The molecule has 0 N–H and O–H groups in total. The monoisotopic (exact) mass is 237 g/mol. The zero-order chi connectivity index (χ0) is 14.6. The zero-order valence-electron chi connectivity index (χ0n) is 13.1. The van der Waals surface area contributed by atoms with E-state index in [4.69, 9.17) is 14.3 Å². The van der Waals surface area contributed by atoms with Crippen molar-refractivity contribution < 1.29 is 14.3 Å². The predicted octanol–water partition coefficient (Wildman–Crippen LogP) is 2.00.